The first kappa shape index (κ1) is 77.1. The number of benzene rings is 4. The smallest absolute Gasteiger partial charge is 0.471 e. The number of methoxy groups -OCH3 is 3. The van der Waals surface area contributed by atoms with Gasteiger partial charge in [0.2, 0.25) is 30.2 Å². The summed E-state index contributed by atoms with van der Waals surface area (Å²) >= 11 is 0. The van der Waals surface area contributed by atoms with Crippen molar-refractivity contribution in [2.45, 2.75) is 134 Å². The summed E-state index contributed by atoms with van der Waals surface area (Å²) < 4.78 is 80.8. The molecule has 6 aromatic rings. The van der Waals surface area contributed by atoms with Crippen LogP contribution in [0, 0.1) is 12.5 Å². The number of halogens is 3. The van der Waals surface area contributed by atoms with E-state index < -0.39 is 86.1 Å². The molecule has 526 valence electrons. The molecule has 1 saturated heterocycles. The molecule has 24 nitrogen and oxygen atoms in total. The third kappa shape index (κ3) is 20.9. The fourth-order valence-corrected chi connectivity index (χ4v) is 14.7. The quantitative estimate of drug-likeness (QED) is 0.00718. The number of carbonyl (C=O) groups is 6. The van der Waals surface area contributed by atoms with Crippen molar-refractivity contribution in [3.63, 3.8) is 0 Å². The minimum atomic E-state index is -5.36. The van der Waals surface area contributed by atoms with Crippen molar-refractivity contribution in [3.8, 4) is 11.5 Å². The lowest BCUT2D eigenvalue weighted by molar-refractivity contribution is -0.170. The van der Waals surface area contributed by atoms with Gasteiger partial charge in [-0.3, -0.25) is 44.0 Å². The van der Waals surface area contributed by atoms with Crippen molar-refractivity contribution in [1.29, 1.82) is 0 Å². The third-order valence-corrected chi connectivity index (χ3v) is 20.8. The van der Waals surface area contributed by atoms with E-state index in [2.05, 4.69) is 73.1 Å². The van der Waals surface area contributed by atoms with Gasteiger partial charge in [0, 0.05) is 66.2 Å². The molecule has 4 N–H and O–H groups in total. The molecule has 0 saturated carbocycles. The number of nitrogens with one attached hydrogen (secondary N) is 4. The highest BCUT2D eigenvalue weighted by molar-refractivity contribution is 8.76. The highest BCUT2D eigenvalue weighted by atomic mass is 33.1. The van der Waals surface area contributed by atoms with Crippen LogP contribution in [0.2, 0.25) is 0 Å². The second-order valence-electron chi connectivity index (χ2n) is 23.7. The van der Waals surface area contributed by atoms with Gasteiger partial charge in [-0.1, -0.05) is 97.0 Å². The Morgan fingerprint density at radius 2 is 1.46 bits per heavy atom. The van der Waals surface area contributed by atoms with Gasteiger partial charge in [-0.15, -0.1) is 0 Å². The summed E-state index contributed by atoms with van der Waals surface area (Å²) in [6.45, 7) is 21.2. The first-order valence-corrected chi connectivity index (χ1v) is 35.3. The molecule has 98 heavy (non-hydrogen) atoms. The standard InChI is InChI=1S/C68H83F3N11O13PS2/c1-42(2)61(85)78-66-77-60-59(63(87)79-66)75-50(38-74-60)39-81(65(89)68(69,70)71)51-24-18-46(19-25-51)62(86)76-56(64(88)92-11)30-31-57(83)73-34-36-97-98-45(7)17-32-58(84)80-40-55(95-96(94-35-33-72-8)82(43(3)4)44(5)6)37-52(80)41-93-67(47-15-13-12-14-16-47,48-20-26-53(90-9)27-21-48)49-22-28-54(91-10)29-23-49/h12-16,18-29,38,42-45,52,55-56H,17,30-37,39-41H2,1-7,9-11H3,(H,73,83)(H,76,86)(H2,74,77,78,79,85,87)/t45?,52-,55+,56-,96?/m0/s1. The Hall–Kier alpha value is -8.23. The van der Waals surface area contributed by atoms with E-state index in [9.17, 15) is 46.7 Å². The van der Waals surface area contributed by atoms with Crippen LogP contribution >= 0.6 is 30.1 Å². The molecule has 5 atom stereocenters. The number of anilines is 2. The van der Waals surface area contributed by atoms with Crippen molar-refractivity contribution in [2.75, 3.05) is 70.1 Å². The first-order valence-electron chi connectivity index (χ1n) is 31.8. The number of rotatable bonds is 35. The zero-order valence-electron chi connectivity index (χ0n) is 56.3. The van der Waals surface area contributed by atoms with E-state index in [1.54, 1.807) is 38.9 Å². The molecule has 0 aliphatic carbocycles. The van der Waals surface area contributed by atoms with Gasteiger partial charge in [-0.05, 0) is 112 Å². The van der Waals surface area contributed by atoms with Crippen molar-refractivity contribution in [3.05, 3.63) is 159 Å². The maximum absolute atomic E-state index is 14.7. The first-order chi connectivity index (χ1) is 46.8. The summed E-state index contributed by atoms with van der Waals surface area (Å²) in [4.78, 5) is 112. The fraction of sp³-hybridized carbons (Fsp3) is 0.456. The number of alkyl halides is 3. The normalized spacial score (nSPS) is 15.0. The van der Waals surface area contributed by atoms with Crippen LogP contribution in [-0.2, 0) is 54.6 Å². The van der Waals surface area contributed by atoms with Gasteiger partial charge in [-0.2, -0.15) is 18.2 Å². The number of aromatic nitrogens is 4. The molecule has 2 aromatic heterocycles. The molecule has 1 aliphatic heterocycles. The summed E-state index contributed by atoms with van der Waals surface area (Å²) in [5.74, 6) is -3.77. The number of fused-ring (bicyclic) bond motifs is 1. The van der Waals surface area contributed by atoms with Crippen LogP contribution in [0.5, 0.6) is 11.5 Å². The lowest BCUT2D eigenvalue weighted by Crippen LogP contribution is -2.42. The highest BCUT2D eigenvalue weighted by Crippen LogP contribution is 2.49. The van der Waals surface area contributed by atoms with Crippen LogP contribution in [0.3, 0.4) is 0 Å². The number of esters is 1. The molecule has 0 spiro atoms. The Morgan fingerprint density at radius 1 is 0.827 bits per heavy atom. The van der Waals surface area contributed by atoms with E-state index in [0.717, 1.165) is 54.3 Å². The third-order valence-electron chi connectivity index (χ3n) is 15.7. The zero-order chi connectivity index (χ0) is 71.3. The number of H-pyrrole nitrogens is 1. The van der Waals surface area contributed by atoms with E-state index in [4.69, 9.17) is 34.6 Å². The van der Waals surface area contributed by atoms with Crippen molar-refractivity contribution >= 4 is 88.4 Å². The number of hydrogen-bond acceptors (Lipinski definition) is 19. The number of ether oxygens (including phenoxy) is 4. The van der Waals surface area contributed by atoms with Gasteiger partial charge >= 0.3 is 18.1 Å². The highest BCUT2D eigenvalue weighted by Gasteiger charge is 2.45. The number of amides is 5. The van der Waals surface area contributed by atoms with Crippen LogP contribution in [-0.4, -0.2) is 167 Å². The van der Waals surface area contributed by atoms with E-state index in [1.807, 2.05) is 90.7 Å². The average molecular weight is 1410 g/mol. The predicted molar refractivity (Wildman–Crippen MR) is 369 cm³/mol. The van der Waals surface area contributed by atoms with Gasteiger partial charge in [0.1, 0.15) is 29.7 Å². The van der Waals surface area contributed by atoms with Gasteiger partial charge < -0.3 is 48.4 Å². The molecule has 1 fully saturated rings. The molecule has 7 rings (SSSR count). The van der Waals surface area contributed by atoms with Gasteiger partial charge in [0.25, 0.3) is 20.0 Å². The molecule has 4 aromatic carbocycles. The minimum absolute atomic E-state index is 0.00958. The van der Waals surface area contributed by atoms with Crippen LogP contribution in [0.25, 0.3) is 16.0 Å². The summed E-state index contributed by atoms with van der Waals surface area (Å²) in [6, 6.07) is 28.2. The Labute approximate surface area is 576 Å². The number of nitrogens with zero attached hydrogens (tertiary/aromatic N) is 7. The average Bonchev–Trinajstić information content (AvgIpc) is 0.863. The van der Waals surface area contributed by atoms with E-state index in [0.29, 0.717) is 35.0 Å². The van der Waals surface area contributed by atoms with Crippen molar-refractivity contribution in [2.24, 2.45) is 5.92 Å². The Morgan fingerprint density at radius 3 is 2.04 bits per heavy atom. The summed E-state index contributed by atoms with van der Waals surface area (Å²) in [6.07, 6.45) is -3.95. The van der Waals surface area contributed by atoms with Crippen molar-refractivity contribution < 1.29 is 69.9 Å². The number of carbonyl (C=O) groups excluding carboxylic acids is 6. The summed E-state index contributed by atoms with van der Waals surface area (Å²) in [5, 5.41) is 7.77. The molecule has 30 heteroatoms. The lowest BCUT2D eigenvalue weighted by atomic mass is 9.80. The van der Waals surface area contributed by atoms with Crippen LogP contribution in [0.4, 0.5) is 24.8 Å². The largest absolute Gasteiger partial charge is 0.497 e. The minimum Gasteiger partial charge on any atom is -0.497 e. The van der Waals surface area contributed by atoms with Crippen molar-refractivity contribution in [1.82, 2.24) is 40.1 Å². The van der Waals surface area contributed by atoms with Crippen LogP contribution in [0.1, 0.15) is 113 Å². The Bertz CT molecular complexity index is 3710. The lowest BCUT2D eigenvalue weighted by Gasteiger charge is -2.38. The number of likely N-dealkylation sites (tertiary alicyclic amines) is 1. The predicted octanol–water partition coefficient (Wildman–Crippen LogP) is 10.4. The molecule has 0 bridgehead atoms. The molecule has 1 aliphatic rings. The monoisotopic (exact) mass is 1410 g/mol. The van der Waals surface area contributed by atoms with E-state index in [1.165, 1.54) is 10.8 Å². The van der Waals surface area contributed by atoms with Gasteiger partial charge in [0.15, 0.2) is 11.2 Å². The molecular formula is C68H83F3N11O13PS2. The summed E-state index contributed by atoms with van der Waals surface area (Å²) in [5.41, 5.74) is -0.722. The summed E-state index contributed by atoms with van der Waals surface area (Å²) in [7, 11) is 5.78. The van der Waals surface area contributed by atoms with E-state index >= 15 is 0 Å². The fourth-order valence-electron chi connectivity index (χ4n) is 10.8. The van der Waals surface area contributed by atoms with E-state index in [-0.39, 0.29) is 109 Å². The van der Waals surface area contributed by atoms with Crippen LogP contribution < -0.4 is 35.9 Å². The number of aromatic amines is 1. The zero-order valence-corrected chi connectivity index (χ0v) is 58.8. The second kappa shape index (κ2) is 36.6. The number of hydrogen-bond donors (Lipinski definition) is 4. The molecule has 0 radical (unpaired) electrons. The van der Waals surface area contributed by atoms with Gasteiger partial charge in [0.05, 0.1) is 58.5 Å². The van der Waals surface area contributed by atoms with Crippen LogP contribution in [0.15, 0.2) is 114 Å². The molecule has 5 amide bonds. The molecular weight excluding hydrogens is 1330 g/mol. The topological polar surface area (TPSA) is 280 Å². The SMILES string of the molecule is [C-]#[N+]CCOP(O[C@@H]1C[C@@H](COC(c2ccccc2)(c2ccc(OC)cc2)c2ccc(OC)cc2)N(C(=O)CCC(C)SSCCNC(=O)CC[C@H](NC(=O)c2ccc(N(Cc3cnc4nc(NC(=O)C(C)C)[nH]c(=O)c4n3)C(=O)C(F)(F)F)cc2)C(=O)OC)C1)N(C(C)C)C(C)C. The maximum atomic E-state index is 14.7. The second-order valence-corrected chi connectivity index (χ2v) is 28.1. The Kier molecular flexibility index (Phi) is 28.8. The van der Waals surface area contributed by atoms with Gasteiger partial charge in [-0.25, -0.2) is 26.0 Å². The Balaban J connectivity index is 0.949. The maximum Gasteiger partial charge on any atom is 0.471 e. The molecule has 3 heterocycles. The molecule has 2 unspecified atom stereocenters.